The molecule has 0 aliphatic rings. The van der Waals surface area contributed by atoms with Crippen LogP contribution in [0.2, 0.25) is 0 Å². The summed E-state index contributed by atoms with van der Waals surface area (Å²) in [4.78, 5) is 37.1. The van der Waals surface area contributed by atoms with E-state index in [2.05, 4.69) is 10.6 Å². The number of nitrogens with one attached hydrogen (secondary N) is 2. The molecule has 0 spiro atoms. The monoisotopic (exact) mass is 460 g/mol. The van der Waals surface area contributed by atoms with Crippen LogP contribution in [0.15, 0.2) is 91.0 Å². The highest BCUT2D eigenvalue weighted by Crippen LogP contribution is 2.07. The number of rotatable bonds is 12. The minimum absolute atomic E-state index is 0.134. The summed E-state index contributed by atoms with van der Waals surface area (Å²) in [5, 5.41) is 15.2. The van der Waals surface area contributed by atoms with E-state index in [9.17, 15) is 19.5 Å². The molecule has 7 nitrogen and oxygen atoms in total. The molecule has 0 heterocycles. The average Bonchev–Trinajstić information content (AvgIpc) is 2.86. The number of carbonyl (C=O) groups excluding carboxylic acids is 2. The number of hydrogen-bond acceptors (Lipinski definition) is 5. The molecule has 0 aromatic heterocycles. The lowest BCUT2D eigenvalue weighted by atomic mass is 10.0. The molecule has 0 fully saturated rings. The van der Waals surface area contributed by atoms with Gasteiger partial charge in [0.05, 0.1) is 12.6 Å². The van der Waals surface area contributed by atoms with Crippen LogP contribution in [0.4, 0.5) is 0 Å². The van der Waals surface area contributed by atoms with Crippen molar-refractivity contribution in [2.24, 2.45) is 0 Å². The fraction of sp³-hybridized carbons (Fsp3) is 0.222. The van der Waals surface area contributed by atoms with Gasteiger partial charge in [0.25, 0.3) is 0 Å². The number of carboxylic acid groups (broad SMARTS) is 1. The average molecular weight is 461 g/mol. The standard InChI is InChI=1S/C27H28N2O5/c30-25(34-19-22-14-8-3-9-15-22)18-28-23(16-20-10-4-1-5-11-20)26(31)29-24(27(32)33)17-21-12-6-2-7-13-21/h1-15,23-24,28H,16-19H2,(H,29,31)(H,32,33)/t23-,24-/m0/s1. The van der Waals surface area contributed by atoms with Crippen molar-refractivity contribution < 1.29 is 24.2 Å². The van der Waals surface area contributed by atoms with Gasteiger partial charge < -0.3 is 15.2 Å². The number of aliphatic carboxylic acids is 1. The van der Waals surface area contributed by atoms with Gasteiger partial charge in [-0.05, 0) is 23.1 Å². The van der Waals surface area contributed by atoms with Crippen LogP contribution in [-0.4, -0.2) is 41.6 Å². The van der Waals surface area contributed by atoms with Crippen molar-refractivity contribution in [3.63, 3.8) is 0 Å². The van der Waals surface area contributed by atoms with E-state index in [-0.39, 0.29) is 26.0 Å². The Morgan fingerprint density at radius 1 is 0.706 bits per heavy atom. The van der Waals surface area contributed by atoms with Gasteiger partial charge in [-0.2, -0.15) is 0 Å². The third-order valence-electron chi connectivity index (χ3n) is 5.23. The number of hydrogen-bond donors (Lipinski definition) is 3. The number of benzene rings is 3. The highest BCUT2D eigenvalue weighted by Gasteiger charge is 2.26. The van der Waals surface area contributed by atoms with Crippen LogP contribution in [0.3, 0.4) is 0 Å². The Morgan fingerprint density at radius 3 is 1.68 bits per heavy atom. The van der Waals surface area contributed by atoms with E-state index in [1.165, 1.54) is 0 Å². The highest BCUT2D eigenvalue weighted by atomic mass is 16.5. The van der Waals surface area contributed by atoms with E-state index in [1.54, 1.807) is 0 Å². The van der Waals surface area contributed by atoms with Crippen molar-refractivity contribution in [3.05, 3.63) is 108 Å². The van der Waals surface area contributed by atoms with Gasteiger partial charge in [-0.3, -0.25) is 14.9 Å². The van der Waals surface area contributed by atoms with Crippen molar-refractivity contribution in [1.29, 1.82) is 0 Å². The fourth-order valence-corrected chi connectivity index (χ4v) is 3.43. The Balaban J connectivity index is 1.62. The fourth-order valence-electron chi connectivity index (χ4n) is 3.43. The summed E-state index contributed by atoms with van der Waals surface area (Å²) in [6.45, 7) is -0.0523. The number of carboxylic acids is 1. The first-order chi connectivity index (χ1) is 16.5. The Labute approximate surface area is 198 Å². The molecule has 0 saturated carbocycles. The third kappa shape index (κ3) is 8.18. The molecule has 1 amide bonds. The van der Waals surface area contributed by atoms with Gasteiger partial charge in [0.2, 0.25) is 5.91 Å². The van der Waals surface area contributed by atoms with Crippen molar-refractivity contribution >= 4 is 17.8 Å². The molecule has 7 heteroatoms. The summed E-state index contributed by atoms with van der Waals surface area (Å²) in [5.41, 5.74) is 2.54. The number of ether oxygens (including phenoxy) is 1. The normalized spacial score (nSPS) is 12.4. The van der Waals surface area contributed by atoms with Gasteiger partial charge in [-0.15, -0.1) is 0 Å². The molecular formula is C27H28N2O5. The summed E-state index contributed by atoms with van der Waals surface area (Å²) < 4.78 is 5.28. The van der Waals surface area contributed by atoms with E-state index >= 15 is 0 Å². The van der Waals surface area contributed by atoms with Crippen molar-refractivity contribution in [2.45, 2.75) is 31.5 Å². The molecule has 0 bridgehead atoms. The lowest BCUT2D eigenvalue weighted by Gasteiger charge is -2.21. The molecule has 0 unspecified atom stereocenters. The van der Waals surface area contributed by atoms with E-state index in [0.717, 1.165) is 16.7 Å². The summed E-state index contributed by atoms with van der Waals surface area (Å²) in [7, 11) is 0. The molecule has 3 N–H and O–H groups in total. The Hall–Kier alpha value is -3.97. The van der Waals surface area contributed by atoms with Crippen LogP contribution in [-0.2, 0) is 38.6 Å². The van der Waals surface area contributed by atoms with E-state index in [1.807, 2.05) is 91.0 Å². The van der Waals surface area contributed by atoms with Gasteiger partial charge >= 0.3 is 11.9 Å². The Kier molecular flexibility index (Phi) is 9.37. The van der Waals surface area contributed by atoms with Gasteiger partial charge in [0.15, 0.2) is 0 Å². The second kappa shape index (κ2) is 12.9. The predicted molar refractivity (Wildman–Crippen MR) is 128 cm³/mol. The number of amides is 1. The zero-order valence-electron chi connectivity index (χ0n) is 18.7. The van der Waals surface area contributed by atoms with E-state index < -0.39 is 29.9 Å². The summed E-state index contributed by atoms with van der Waals surface area (Å²) in [6.07, 6.45) is 0.440. The first-order valence-corrected chi connectivity index (χ1v) is 11.0. The molecular weight excluding hydrogens is 432 g/mol. The largest absolute Gasteiger partial charge is 0.480 e. The van der Waals surface area contributed by atoms with Crippen LogP contribution in [0, 0.1) is 0 Å². The molecule has 2 atom stereocenters. The summed E-state index contributed by atoms with van der Waals surface area (Å²) in [5.74, 6) is -2.13. The van der Waals surface area contributed by atoms with Crippen LogP contribution >= 0.6 is 0 Å². The van der Waals surface area contributed by atoms with Crippen LogP contribution in [0.5, 0.6) is 0 Å². The van der Waals surface area contributed by atoms with Crippen molar-refractivity contribution in [2.75, 3.05) is 6.54 Å². The van der Waals surface area contributed by atoms with E-state index in [0.29, 0.717) is 0 Å². The first-order valence-electron chi connectivity index (χ1n) is 11.0. The zero-order valence-corrected chi connectivity index (χ0v) is 18.7. The number of carbonyl (C=O) groups is 3. The predicted octanol–water partition coefficient (Wildman–Crippen LogP) is 2.74. The Morgan fingerprint density at radius 2 is 1.18 bits per heavy atom. The van der Waals surface area contributed by atoms with Gasteiger partial charge in [-0.25, -0.2) is 4.79 Å². The van der Waals surface area contributed by atoms with Gasteiger partial charge in [0.1, 0.15) is 12.6 Å². The SMILES string of the molecule is O=C(CN[C@@H](Cc1ccccc1)C(=O)N[C@@H](Cc1ccccc1)C(=O)O)OCc1ccccc1. The maximum atomic E-state index is 13.1. The third-order valence-corrected chi connectivity index (χ3v) is 5.23. The highest BCUT2D eigenvalue weighted by molar-refractivity contribution is 5.87. The molecule has 3 rings (SSSR count). The maximum Gasteiger partial charge on any atom is 0.326 e. The second-order valence-corrected chi connectivity index (χ2v) is 7.86. The molecule has 0 radical (unpaired) electrons. The van der Waals surface area contributed by atoms with Crippen LogP contribution in [0.25, 0.3) is 0 Å². The quantitative estimate of drug-likeness (QED) is 0.359. The maximum absolute atomic E-state index is 13.1. The molecule has 0 aliphatic carbocycles. The minimum atomic E-state index is -1.13. The lowest BCUT2D eigenvalue weighted by Crippen LogP contribution is -2.52. The van der Waals surface area contributed by atoms with E-state index in [4.69, 9.17) is 4.74 Å². The molecule has 0 aliphatic heterocycles. The van der Waals surface area contributed by atoms with Gasteiger partial charge in [0, 0.05) is 6.42 Å². The minimum Gasteiger partial charge on any atom is -0.480 e. The zero-order chi connectivity index (χ0) is 24.2. The first kappa shape index (κ1) is 24.7. The van der Waals surface area contributed by atoms with Crippen molar-refractivity contribution in [3.8, 4) is 0 Å². The van der Waals surface area contributed by atoms with Crippen molar-refractivity contribution in [1.82, 2.24) is 10.6 Å². The molecule has 3 aromatic carbocycles. The topological polar surface area (TPSA) is 105 Å². The summed E-state index contributed by atoms with van der Waals surface area (Å²) >= 11 is 0. The lowest BCUT2D eigenvalue weighted by molar-refractivity contribution is -0.145. The van der Waals surface area contributed by atoms with Gasteiger partial charge in [-0.1, -0.05) is 91.0 Å². The molecule has 34 heavy (non-hydrogen) atoms. The molecule has 0 saturated heterocycles. The van der Waals surface area contributed by atoms with Crippen LogP contribution < -0.4 is 10.6 Å². The summed E-state index contributed by atoms with van der Waals surface area (Å²) in [6, 6.07) is 25.8. The second-order valence-electron chi connectivity index (χ2n) is 7.86. The smallest absolute Gasteiger partial charge is 0.326 e. The molecule has 3 aromatic rings. The molecule has 176 valence electrons. The Bertz CT molecular complexity index is 1060. The number of esters is 1. The van der Waals surface area contributed by atoms with Crippen LogP contribution in [0.1, 0.15) is 16.7 Å².